The normalized spacial score (nSPS) is 12.3. The van der Waals surface area contributed by atoms with E-state index in [1.54, 1.807) is 11.4 Å². The molecular weight excluding hydrogens is 318 g/mol. The number of hydrogen-bond donors (Lipinski definition) is 0. The van der Waals surface area contributed by atoms with Gasteiger partial charge in [-0.3, -0.25) is 0 Å². The Labute approximate surface area is 130 Å². The summed E-state index contributed by atoms with van der Waals surface area (Å²) in [7, 11) is 0. The van der Waals surface area contributed by atoms with Gasteiger partial charge in [0.05, 0.1) is 4.34 Å². The van der Waals surface area contributed by atoms with Crippen molar-refractivity contribution in [2.24, 2.45) is 0 Å². The second-order valence-corrected chi connectivity index (χ2v) is 6.64. The molecule has 0 aliphatic rings. The van der Waals surface area contributed by atoms with E-state index in [9.17, 15) is 4.79 Å². The molecule has 0 saturated heterocycles. The molecule has 0 N–H and O–H groups in total. The molecule has 0 fully saturated rings. The Morgan fingerprint density at radius 1 is 1.50 bits per heavy atom. The first kappa shape index (κ1) is 15.4. The van der Waals surface area contributed by atoms with Gasteiger partial charge in [-0.15, -0.1) is 22.7 Å². The van der Waals surface area contributed by atoms with Gasteiger partial charge < -0.3 is 9.47 Å². The molecule has 0 aliphatic heterocycles. The average molecular weight is 332 g/mol. The maximum atomic E-state index is 11.9. The van der Waals surface area contributed by atoms with Crippen molar-refractivity contribution in [3.8, 4) is 0 Å². The van der Waals surface area contributed by atoms with Gasteiger partial charge in [0, 0.05) is 16.9 Å². The Balaban J connectivity index is 1.92. The number of ether oxygens (including phenoxy) is 2. The van der Waals surface area contributed by atoms with Gasteiger partial charge in [-0.2, -0.15) is 0 Å². The largest absolute Gasteiger partial charge is 0.455 e. The Bertz CT molecular complexity index is 582. The molecule has 0 aromatic carbocycles. The molecule has 4 nitrogen and oxygen atoms in total. The van der Waals surface area contributed by atoms with Crippen LogP contribution in [0.15, 0.2) is 17.5 Å². The van der Waals surface area contributed by atoms with Crippen LogP contribution in [-0.2, 0) is 16.1 Å². The van der Waals surface area contributed by atoms with Crippen molar-refractivity contribution in [1.82, 2.24) is 4.98 Å². The number of carbonyl (C=O) groups is 1. The van der Waals surface area contributed by atoms with E-state index in [0.29, 0.717) is 16.6 Å². The number of aromatic nitrogens is 1. The zero-order valence-corrected chi connectivity index (χ0v) is 13.5. The van der Waals surface area contributed by atoms with Gasteiger partial charge in [0.25, 0.3) is 0 Å². The summed E-state index contributed by atoms with van der Waals surface area (Å²) in [6.07, 6.45) is -0.109. The third-order valence-electron chi connectivity index (χ3n) is 2.47. The van der Waals surface area contributed by atoms with Gasteiger partial charge in [0.15, 0.2) is 5.69 Å². The summed E-state index contributed by atoms with van der Waals surface area (Å²) < 4.78 is 11.3. The van der Waals surface area contributed by atoms with Gasteiger partial charge in [-0.25, -0.2) is 9.78 Å². The van der Waals surface area contributed by atoms with Crippen molar-refractivity contribution in [2.75, 3.05) is 6.61 Å². The molecule has 0 bridgehead atoms. The van der Waals surface area contributed by atoms with Gasteiger partial charge in [0.2, 0.25) is 0 Å². The molecule has 7 heteroatoms. The highest BCUT2D eigenvalue weighted by Crippen LogP contribution is 2.24. The molecule has 2 rings (SSSR count). The van der Waals surface area contributed by atoms with E-state index in [-0.39, 0.29) is 12.7 Å². The first-order chi connectivity index (χ1) is 9.60. The molecule has 0 radical (unpaired) electrons. The second kappa shape index (κ2) is 7.17. The fraction of sp³-hybridized carbons (Fsp3) is 0.385. The summed E-state index contributed by atoms with van der Waals surface area (Å²) in [5.74, 6) is -0.430. The lowest BCUT2D eigenvalue weighted by Gasteiger charge is -2.06. The molecule has 0 unspecified atom stereocenters. The van der Waals surface area contributed by atoms with Gasteiger partial charge >= 0.3 is 5.97 Å². The van der Waals surface area contributed by atoms with Crippen LogP contribution in [0.1, 0.15) is 40.3 Å². The van der Waals surface area contributed by atoms with Crippen LogP contribution in [0, 0.1) is 0 Å². The van der Waals surface area contributed by atoms with Crippen LogP contribution in [-0.4, -0.2) is 17.6 Å². The maximum absolute atomic E-state index is 11.9. The van der Waals surface area contributed by atoms with E-state index in [4.69, 9.17) is 21.1 Å². The highest BCUT2D eigenvalue weighted by atomic mass is 35.5. The predicted octanol–water partition coefficient (Wildman–Crippen LogP) is 4.31. The Kier molecular flexibility index (Phi) is 5.54. The van der Waals surface area contributed by atoms with Gasteiger partial charge in [-0.1, -0.05) is 11.6 Å². The van der Waals surface area contributed by atoms with E-state index >= 15 is 0 Å². The number of thiazole rings is 1. The summed E-state index contributed by atoms with van der Waals surface area (Å²) in [6.45, 7) is 4.65. The quantitative estimate of drug-likeness (QED) is 0.740. The van der Waals surface area contributed by atoms with Crippen LogP contribution in [0.3, 0.4) is 0 Å². The monoisotopic (exact) mass is 331 g/mol. The van der Waals surface area contributed by atoms with Crippen LogP contribution in [0.25, 0.3) is 0 Å². The Morgan fingerprint density at radius 3 is 2.95 bits per heavy atom. The number of carbonyl (C=O) groups excluding carboxylic acids is 1. The van der Waals surface area contributed by atoms with Crippen LogP contribution in [0.2, 0.25) is 4.34 Å². The number of nitrogens with zero attached hydrogens (tertiary/aromatic N) is 1. The summed E-state index contributed by atoms with van der Waals surface area (Å²) in [4.78, 5) is 17.0. The zero-order chi connectivity index (χ0) is 14.5. The van der Waals surface area contributed by atoms with Crippen LogP contribution in [0.4, 0.5) is 0 Å². The summed E-state index contributed by atoms with van der Waals surface area (Å²) >= 11 is 8.60. The van der Waals surface area contributed by atoms with Crippen molar-refractivity contribution in [3.63, 3.8) is 0 Å². The first-order valence-corrected chi connectivity index (χ1v) is 8.16. The SMILES string of the molecule is CCO[C@@H](C)c1nc(C(=O)OCc2ccc(Cl)s2)cs1. The highest BCUT2D eigenvalue weighted by molar-refractivity contribution is 7.16. The number of halogens is 1. The average Bonchev–Trinajstić information content (AvgIpc) is 3.05. The number of rotatable bonds is 6. The van der Waals surface area contributed by atoms with E-state index in [1.807, 2.05) is 19.9 Å². The van der Waals surface area contributed by atoms with E-state index in [0.717, 1.165) is 9.88 Å². The topological polar surface area (TPSA) is 48.4 Å². The Hall–Kier alpha value is -0.950. The summed E-state index contributed by atoms with van der Waals surface area (Å²) in [6, 6.07) is 3.62. The summed E-state index contributed by atoms with van der Waals surface area (Å²) in [5.41, 5.74) is 0.319. The molecule has 0 amide bonds. The standard InChI is InChI=1S/C13H14ClNO3S2/c1-3-17-8(2)12-15-10(7-19-12)13(16)18-6-9-4-5-11(14)20-9/h4-5,7-8H,3,6H2,1-2H3/t8-/m0/s1. The molecule has 108 valence electrons. The lowest BCUT2D eigenvalue weighted by molar-refractivity contribution is 0.0468. The molecular formula is C13H14ClNO3S2. The van der Waals surface area contributed by atoms with Gasteiger partial charge in [0.1, 0.15) is 17.7 Å². The lowest BCUT2D eigenvalue weighted by atomic mass is 10.4. The first-order valence-electron chi connectivity index (χ1n) is 6.08. The van der Waals surface area contributed by atoms with E-state index in [1.165, 1.54) is 22.7 Å². The molecule has 20 heavy (non-hydrogen) atoms. The highest BCUT2D eigenvalue weighted by Gasteiger charge is 2.16. The predicted molar refractivity (Wildman–Crippen MR) is 80.6 cm³/mol. The van der Waals surface area contributed by atoms with Crippen LogP contribution in [0.5, 0.6) is 0 Å². The van der Waals surface area contributed by atoms with Crippen molar-refractivity contribution in [1.29, 1.82) is 0 Å². The molecule has 0 saturated carbocycles. The van der Waals surface area contributed by atoms with Gasteiger partial charge in [-0.05, 0) is 26.0 Å². The third-order valence-corrected chi connectivity index (χ3v) is 4.68. The smallest absolute Gasteiger partial charge is 0.358 e. The van der Waals surface area contributed by atoms with Crippen molar-refractivity contribution < 1.29 is 14.3 Å². The second-order valence-electron chi connectivity index (χ2n) is 3.95. The van der Waals surface area contributed by atoms with E-state index < -0.39 is 5.97 Å². The Morgan fingerprint density at radius 2 is 2.30 bits per heavy atom. The minimum Gasteiger partial charge on any atom is -0.455 e. The van der Waals surface area contributed by atoms with Crippen molar-refractivity contribution in [2.45, 2.75) is 26.6 Å². The minimum atomic E-state index is -0.430. The molecule has 0 spiro atoms. The number of hydrogen-bond acceptors (Lipinski definition) is 6. The number of thiophene rings is 1. The molecule has 0 aliphatic carbocycles. The molecule has 2 aromatic rings. The van der Waals surface area contributed by atoms with E-state index in [2.05, 4.69) is 4.98 Å². The zero-order valence-electron chi connectivity index (χ0n) is 11.1. The van der Waals surface area contributed by atoms with Crippen molar-refractivity contribution in [3.05, 3.63) is 37.4 Å². The van der Waals surface area contributed by atoms with Crippen LogP contribution < -0.4 is 0 Å². The minimum absolute atomic E-state index is 0.109. The third kappa shape index (κ3) is 4.02. The molecule has 2 heterocycles. The fourth-order valence-electron chi connectivity index (χ4n) is 1.53. The van der Waals surface area contributed by atoms with Crippen LogP contribution >= 0.6 is 34.3 Å². The lowest BCUT2D eigenvalue weighted by Crippen LogP contribution is -2.06. The fourth-order valence-corrected chi connectivity index (χ4v) is 3.32. The molecule has 1 atom stereocenters. The van der Waals surface area contributed by atoms with Crippen molar-refractivity contribution >= 4 is 40.2 Å². The summed E-state index contributed by atoms with van der Waals surface area (Å²) in [5, 5.41) is 2.46. The number of esters is 1. The molecule has 2 aromatic heterocycles. The maximum Gasteiger partial charge on any atom is 0.358 e.